The Morgan fingerprint density at radius 1 is 1.33 bits per heavy atom. The van der Waals surface area contributed by atoms with Crippen LogP contribution in [0, 0.1) is 0 Å². The molecule has 1 heterocycles. The maximum atomic E-state index is 11.5. The quantitative estimate of drug-likeness (QED) is 0.866. The van der Waals surface area contributed by atoms with Crippen molar-refractivity contribution in [3.8, 4) is 0 Å². The Bertz CT molecular complexity index is 548. The Morgan fingerprint density at radius 2 is 2.00 bits per heavy atom. The van der Waals surface area contributed by atoms with E-state index in [2.05, 4.69) is 22.4 Å². The number of rotatable bonds is 6. The summed E-state index contributed by atoms with van der Waals surface area (Å²) >= 11 is 0. The summed E-state index contributed by atoms with van der Waals surface area (Å²) in [6, 6.07) is 0.582. The van der Waals surface area contributed by atoms with E-state index in [1.165, 1.54) is 6.26 Å². The molecule has 1 aliphatic carbocycles. The van der Waals surface area contributed by atoms with Gasteiger partial charge in [-0.1, -0.05) is 12.1 Å². The summed E-state index contributed by atoms with van der Waals surface area (Å²) in [4.78, 5) is 4.31. The van der Waals surface area contributed by atoms with E-state index in [0.29, 0.717) is 11.9 Å². The van der Waals surface area contributed by atoms with Crippen LogP contribution in [0.1, 0.15) is 68.8 Å². The average molecular weight is 315 g/mol. The summed E-state index contributed by atoms with van der Waals surface area (Å²) in [6.07, 6.45) is 6.56. The molecule has 1 aromatic rings. The molecular formula is C14H25N3O3S. The lowest BCUT2D eigenvalue weighted by molar-refractivity contribution is 0.282. The second-order valence-corrected chi connectivity index (χ2v) is 8.33. The highest BCUT2D eigenvalue weighted by atomic mass is 32.2. The van der Waals surface area contributed by atoms with Gasteiger partial charge in [0.2, 0.25) is 5.89 Å². The highest BCUT2D eigenvalue weighted by Crippen LogP contribution is 2.32. The van der Waals surface area contributed by atoms with Crippen LogP contribution in [-0.2, 0) is 9.84 Å². The van der Waals surface area contributed by atoms with Gasteiger partial charge in [0.15, 0.2) is 15.7 Å². The molecule has 120 valence electrons. The van der Waals surface area contributed by atoms with Gasteiger partial charge in [0.05, 0.1) is 0 Å². The molecule has 1 aromatic heterocycles. The van der Waals surface area contributed by atoms with Crippen molar-refractivity contribution in [3.05, 3.63) is 11.7 Å². The van der Waals surface area contributed by atoms with Crippen LogP contribution in [0.2, 0.25) is 0 Å². The number of hydrogen-bond donors (Lipinski definition) is 1. The van der Waals surface area contributed by atoms with Crippen molar-refractivity contribution in [2.75, 3.05) is 12.8 Å². The second kappa shape index (κ2) is 6.87. The Morgan fingerprint density at radius 3 is 2.57 bits per heavy atom. The predicted molar refractivity (Wildman–Crippen MR) is 80.8 cm³/mol. The maximum absolute atomic E-state index is 11.5. The third kappa shape index (κ3) is 4.26. The minimum absolute atomic E-state index is 0.262. The second-order valence-electron chi connectivity index (χ2n) is 5.97. The van der Waals surface area contributed by atoms with Gasteiger partial charge >= 0.3 is 0 Å². The Hall–Kier alpha value is -0.950. The van der Waals surface area contributed by atoms with Crippen molar-refractivity contribution in [1.82, 2.24) is 15.5 Å². The molecule has 0 aliphatic heterocycles. The molecule has 0 aromatic carbocycles. The largest absolute Gasteiger partial charge is 0.339 e. The van der Waals surface area contributed by atoms with E-state index >= 15 is 0 Å². The van der Waals surface area contributed by atoms with Gasteiger partial charge in [0.1, 0.15) is 5.25 Å². The van der Waals surface area contributed by atoms with Crippen molar-refractivity contribution in [2.45, 2.75) is 63.2 Å². The molecule has 0 amide bonds. The van der Waals surface area contributed by atoms with Gasteiger partial charge in [-0.3, -0.25) is 0 Å². The van der Waals surface area contributed by atoms with Crippen LogP contribution in [0.25, 0.3) is 0 Å². The molecule has 1 unspecified atom stereocenters. The van der Waals surface area contributed by atoms with E-state index < -0.39 is 15.1 Å². The van der Waals surface area contributed by atoms with E-state index in [9.17, 15) is 8.42 Å². The molecule has 0 saturated heterocycles. The fraction of sp³-hybridized carbons (Fsp3) is 0.857. The fourth-order valence-electron chi connectivity index (χ4n) is 2.66. The topological polar surface area (TPSA) is 85.1 Å². The van der Waals surface area contributed by atoms with E-state index in [4.69, 9.17) is 4.52 Å². The molecular weight excluding hydrogens is 290 g/mol. The summed E-state index contributed by atoms with van der Waals surface area (Å²) in [5.74, 6) is 1.13. The predicted octanol–water partition coefficient (Wildman–Crippen LogP) is 2.20. The minimum Gasteiger partial charge on any atom is -0.339 e. The SMILES string of the molecule is CCCNC1CCC(c2nc(C(C)S(C)(=O)=O)no2)CC1. The zero-order chi connectivity index (χ0) is 15.5. The van der Waals surface area contributed by atoms with Crippen molar-refractivity contribution in [2.24, 2.45) is 0 Å². The average Bonchev–Trinajstić information content (AvgIpc) is 2.93. The van der Waals surface area contributed by atoms with Crippen molar-refractivity contribution < 1.29 is 12.9 Å². The monoisotopic (exact) mass is 315 g/mol. The minimum atomic E-state index is -3.19. The van der Waals surface area contributed by atoms with Gasteiger partial charge in [-0.05, 0) is 45.6 Å². The Labute approximate surface area is 126 Å². The van der Waals surface area contributed by atoms with Crippen LogP contribution >= 0.6 is 0 Å². The van der Waals surface area contributed by atoms with E-state index in [0.717, 1.165) is 38.6 Å². The number of nitrogens with one attached hydrogen (secondary N) is 1. The molecule has 1 saturated carbocycles. The lowest BCUT2D eigenvalue weighted by Crippen LogP contribution is -2.33. The number of nitrogens with zero attached hydrogens (tertiary/aromatic N) is 2. The zero-order valence-corrected chi connectivity index (χ0v) is 13.8. The molecule has 0 spiro atoms. The van der Waals surface area contributed by atoms with Gasteiger partial charge < -0.3 is 9.84 Å². The fourth-order valence-corrected chi connectivity index (χ4v) is 3.14. The molecule has 21 heavy (non-hydrogen) atoms. The highest BCUT2D eigenvalue weighted by Gasteiger charge is 2.28. The molecule has 0 radical (unpaired) electrons. The lowest BCUT2D eigenvalue weighted by atomic mass is 9.86. The molecule has 2 rings (SSSR count). The molecule has 1 fully saturated rings. The molecule has 1 N–H and O–H groups in total. The highest BCUT2D eigenvalue weighted by molar-refractivity contribution is 7.90. The normalized spacial score (nSPS) is 24.9. The number of sulfone groups is 1. The van der Waals surface area contributed by atoms with Crippen LogP contribution in [0.15, 0.2) is 4.52 Å². The van der Waals surface area contributed by atoms with E-state index in [-0.39, 0.29) is 11.7 Å². The first-order valence-corrected chi connectivity index (χ1v) is 9.63. The zero-order valence-electron chi connectivity index (χ0n) is 13.0. The van der Waals surface area contributed by atoms with Crippen LogP contribution < -0.4 is 5.32 Å². The van der Waals surface area contributed by atoms with Crippen LogP contribution in [0.4, 0.5) is 0 Å². The smallest absolute Gasteiger partial charge is 0.229 e. The molecule has 1 atom stereocenters. The van der Waals surface area contributed by atoms with Gasteiger partial charge in [0.25, 0.3) is 0 Å². The molecule has 6 nitrogen and oxygen atoms in total. The van der Waals surface area contributed by atoms with Crippen LogP contribution in [-0.4, -0.2) is 37.4 Å². The van der Waals surface area contributed by atoms with Crippen molar-refractivity contribution in [3.63, 3.8) is 0 Å². The van der Waals surface area contributed by atoms with E-state index in [1.54, 1.807) is 6.92 Å². The first-order valence-electron chi connectivity index (χ1n) is 7.67. The van der Waals surface area contributed by atoms with Crippen LogP contribution in [0.5, 0.6) is 0 Å². The Kier molecular flexibility index (Phi) is 5.37. The Balaban J connectivity index is 1.94. The van der Waals surface area contributed by atoms with Crippen molar-refractivity contribution in [1.29, 1.82) is 0 Å². The standard InChI is InChI=1S/C14H25N3O3S/c1-4-9-15-12-7-5-11(6-8-12)14-16-13(17-20-14)10(2)21(3,18)19/h10-12,15H,4-9H2,1-3H3. The summed E-state index contributed by atoms with van der Waals surface area (Å²) in [7, 11) is -3.19. The maximum Gasteiger partial charge on any atom is 0.229 e. The first kappa shape index (κ1) is 16.4. The third-order valence-corrected chi connectivity index (χ3v) is 5.72. The van der Waals surface area contributed by atoms with E-state index in [1.807, 2.05) is 0 Å². The van der Waals surface area contributed by atoms with Gasteiger partial charge in [-0.25, -0.2) is 8.42 Å². The molecule has 1 aliphatic rings. The van der Waals surface area contributed by atoms with Gasteiger partial charge in [-0.15, -0.1) is 0 Å². The lowest BCUT2D eigenvalue weighted by Gasteiger charge is -2.27. The van der Waals surface area contributed by atoms with Gasteiger partial charge in [0, 0.05) is 18.2 Å². The van der Waals surface area contributed by atoms with Crippen LogP contribution in [0.3, 0.4) is 0 Å². The first-order chi connectivity index (χ1) is 9.91. The summed E-state index contributed by atoms with van der Waals surface area (Å²) in [5, 5.41) is 6.68. The van der Waals surface area contributed by atoms with Gasteiger partial charge in [-0.2, -0.15) is 4.98 Å². The molecule has 0 bridgehead atoms. The third-order valence-electron chi connectivity index (χ3n) is 4.22. The number of aromatic nitrogens is 2. The summed E-state index contributed by atoms with van der Waals surface area (Å²) < 4.78 is 28.4. The molecule has 7 heteroatoms. The summed E-state index contributed by atoms with van der Waals surface area (Å²) in [6.45, 7) is 4.82. The summed E-state index contributed by atoms with van der Waals surface area (Å²) in [5.41, 5.74) is 0. The van der Waals surface area contributed by atoms with Crippen molar-refractivity contribution >= 4 is 9.84 Å². The number of hydrogen-bond acceptors (Lipinski definition) is 6.